The molecule has 1 aliphatic rings. The zero-order valence-electron chi connectivity index (χ0n) is 24.4. The molecule has 10 nitrogen and oxygen atoms in total. The van der Waals surface area contributed by atoms with Gasteiger partial charge in [0.05, 0.1) is 52.1 Å². The number of benzene rings is 1. The van der Waals surface area contributed by atoms with Crippen molar-refractivity contribution in [3.05, 3.63) is 89.5 Å². The average molecular weight is 650 g/mol. The lowest BCUT2D eigenvalue weighted by Crippen LogP contribution is -2.36. The fourth-order valence-electron chi connectivity index (χ4n) is 4.83. The van der Waals surface area contributed by atoms with Crippen LogP contribution in [0, 0.1) is 11.6 Å². The van der Waals surface area contributed by atoms with Crippen LogP contribution in [-0.2, 0) is 20.3 Å². The third-order valence-electron chi connectivity index (χ3n) is 7.02. The zero-order valence-corrected chi connectivity index (χ0v) is 26.1. The molecule has 0 radical (unpaired) electrons. The van der Waals surface area contributed by atoms with Crippen LogP contribution in [0.3, 0.4) is 0 Å². The SMILES string of the molecule is CC(C)c1nc(-c2cncc(CS(=O)(=O)c3c(F)cccc3F)c2)c(-c2ccnc(Nc3ccc(N4CCOCC4)nc3)n2)s1. The maximum Gasteiger partial charge on any atom is 0.227 e. The number of rotatable bonds is 9. The first-order valence-corrected chi connectivity index (χ1v) is 16.7. The van der Waals surface area contributed by atoms with Crippen LogP contribution in [0.5, 0.6) is 0 Å². The number of ether oxygens (including phenoxy) is 1. The van der Waals surface area contributed by atoms with Gasteiger partial charge >= 0.3 is 0 Å². The number of nitrogens with zero attached hydrogens (tertiary/aromatic N) is 6. The Kier molecular flexibility index (Phi) is 8.79. The molecule has 0 unspecified atom stereocenters. The van der Waals surface area contributed by atoms with Crippen LogP contribution in [-0.4, -0.2) is 59.6 Å². The van der Waals surface area contributed by atoms with E-state index in [0.29, 0.717) is 36.1 Å². The molecule has 6 rings (SSSR count). The van der Waals surface area contributed by atoms with Crippen LogP contribution in [0.2, 0.25) is 0 Å². The van der Waals surface area contributed by atoms with Gasteiger partial charge in [-0.2, -0.15) is 0 Å². The summed E-state index contributed by atoms with van der Waals surface area (Å²) in [6.45, 7) is 6.98. The Morgan fingerprint density at radius 1 is 1.00 bits per heavy atom. The average Bonchev–Trinajstić information content (AvgIpc) is 3.48. The first-order chi connectivity index (χ1) is 21.7. The topological polar surface area (TPSA) is 123 Å². The number of morpholine rings is 1. The summed E-state index contributed by atoms with van der Waals surface area (Å²) in [6, 6.07) is 10.2. The summed E-state index contributed by atoms with van der Waals surface area (Å²) in [6.07, 6.45) is 6.31. The number of anilines is 3. The van der Waals surface area contributed by atoms with E-state index in [9.17, 15) is 17.2 Å². The minimum Gasteiger partial charge on any atom is -0.378 e. The standard InChI is InChI=1S/C31H29F2N7O3S2/c1-19(2)30-39-27(21-14-20(15-34-16-21)18-45(41,42)29-23(32)4-3-5-24(29)33)28(44-30)25-8-9-35-31(38-25)37-22-6-7-26(36-17-22)40-10-12-43-13-11-40/h3-9,14-17,19H,10-13,18H2,1-2H3,(H,35,37,38). The van der Waals surface area contributed by atoms with E-state index in [0.717, 1.165) is 52.7 Å². The van der Waals surface area contributed by atoms with Crippen LogP contribution < -0.4 is 10.2 Å². The second-order valence-electron chi connectivity index (χ2n) is 10.7. The van der Waals surface area contributed by atoms with Crippen LogP contribution in [0.4, 0.5) is 26.2 Å². The number of aromatic nitrogens is 5. The van der Waals surface area contributed by atoms with E-state index in [4.69, 9.17) is 14.7 Å². The smallest absolute Gasteiger partial charge is 0.227 e. The van der Waals surface area contributed by atoms with Crippen LogP contribution >= 0.6 is 11.3 Å². The molecule has 0 atom stereocenters. The van der Waals surface area contributed by atoms with Gasteiger partial charge in [0.1, 0.15) is 22.3 Å². The molecule has 45 heavy (non-hydrogen) atoms. The van der Waals surface area contributed by atoms with E-state index in [2.05, 4.69) is 25.2 Å². The first-order valence-electron chi connectivity index (χ1n) is 14.2. The monoisotopic (exact) mass is 649 g/mol. The summed E-state index contributed by atoms with van der Waals surface area (Å²) in [5, 5.41) is 4.06. The lowest BCUT2D eigenvalue weighted by atomic mass is 10.1. The van der Waals surface area contributed by atoms with Gasteiger partial charge in [0.2, 0.25) is 5.95 Å². The largest absolute Gasteiger partial charge is 0.378 e. The molecular formula is C31H29F2N7O3S2. The Morgan fingerprint density at radius 3 is 2.49 bits per heavy atom. The van der Waals surface area contributed by atoms with Crippen molar-refractivity contribution in [1.82, 2.24) is 24.9 Å². The molecule has 0 saturated carbocycles. The van der Waals surface area contributed by atoms with Gasteiger partial charge in [-0.15, -0.1) is 11.3 Å². The molecule has 0 bridgehead atoms. The first kappa shape index (κ1) is 30.6. The summed E-state index contributed by atoms with van der Waals surface area (Å²) in [4.78, 5) is 24.7. The number of hydrogen-bond donors (Lipinski definition) is 1. The normalized spacial score (nSPS) is 13.8. The number of nitrogens with one attached hydrogen (secondary N) is 1. The Morgan fingerprint density at radius 2 is 1.78 bits per heavy atom. The van der Waals surface area contributed by atoms with Crippen molar-refractivity contribution in [2.45, 2.75) is 30.4 Å². The Bertz CT molecular complexity index is 1910. The summed E-state index contributed by atoms with van der Waals surface area (Å²) < 4.78 is 60.0. The summed E-state index contributed by atoms with van der Waals surface area (Å²) in [5.74, 6) is -1.57. The van der Waals surface area contributed by atoms with Gasteiger partial charge in [-0.3, -0.25) is 4.98 Å². The minimum absolute atomic E-state index is 0.110. The number of hydrogen-bond acceptors (Lipinski definition) is 11. The number of halogens is 2. The Hall–Kier alpha value is -4.40. The van der Waals surface area contributed by atoms with Crippen molar-refractivity contribution in [1.29, 1.82) is 0 Å². The highest BCUT2D eigenvalue weighted by atomic mass is 32.2. The predicted octanol–water partition coefficient (Wildman–Crippen LogP) is 6.01. The summed E-state index contributed by atoms with van der Waals surface area (Å²) in [7, 11) is -4.34. The second kappa shape index (κ2) is 12.9. The van der Waals surface area contributed by atoms with Crippen molar-refractivity contribution in [2.24, 2.45) is 0 Å². The molecule has 0 aliphatic carbocycles. The fraction of sp³-hybridized carbons (Fsp3) is 0.258. The summed E-state index contributed by atoms with van der Waals surface area (Å²) >= 11 is 1.47. The van der Waals surface area contributed by atoms with Crippen molar-refractivity contribution in [3.63, 3.8) is 0 Å². The van der Waals surface area contributed by atoms with Crippen LogP contribution in [0.25, 0.3) is 21.8 Å². The summed E-state index contributed by atoms with van der Waals surface area (Å²) in [5.41, 5.74) is 2.70. The maximum atomic E-state index is 14.3. The number of thiazole rings is 1. The van der Waals surface area contributed by atoms with E-state index >= 15 is 0 Å². The number of pyridine rings is 2. The Balaban J connectivity index is 1.29. The molecule has 1 aliphatic heterocycles. The molecular weight excluding hydrogens is 621 g/mol. The molecule has 5 heterocycles. The molecule has 5 aromatic rings. The lowest BCUT2D eigenvalue weighted by molar-refractivity contribution is 0.122. The maximum absolute atomic E-state index is 14.3. The van der Waals surface area contributed by atoms with Crippen LogP contribution in [0.1, 0.15) is 30.3 Å². The highest BCUT2D eigenvalue weighted by Gasteiger charge is 2.25. The van der Waals surface area contributed by atoms with Gasteiger partial charge in [0, 0.05) is 43.2 Å². The van der Waals surface area contributed by atoms with Crippen molar-refractivity contribution in [2.75, 3.05) is 36.5 Å². The lowest BCUT2D eigenvalue weighted by Gasteiger charge is -2.27. The van der Waals surface area contributed by atoms with Crippen molar-refractivity contribution >= 4 is 38.6 Å². The molecule has 0 spiro atoms. The van der Waals surface area contributed by atoms with Gasteiger partial charge < -0.3 is 15.0 Å². The minimum atomic E-state index is -4.34. The van der Waals surface area contributed by atoms with Gasteiger partial charge in [0.25, 0.3) is 0 Å². The van der Waals surface area contributed by atoms with Gasteiger partial charge in [-0.05, 0) is 42.0 Å². The molecule has 1 N–H and O–H groups in total. The van der Waals surface area contributed by atoms with Gasteiger partial charge in [-0.1, -0.05) is 19.9 Å². The van der Waals surface area contributed by atoms with Gasteiger partial charge in [0.15, 0.2) is 9.84 Å². The van der Waals surface area contributed by atoms with Crippen LogP contribution in [0.15, 0.2) is 72.1 Å². The van der Waals surface area contributed by atoms with E-state index in [1.807, 2.05) is 26.0 Å². The molecule has 1 aromatic carbocycles. The van der Waals surface area contributed by atoms with Gasteiger partial charge in [-0.25, -0.2) is 37.1 Å². The molecule has 0 amide bonds. The highest BCUT2D eigenvalue weighted by molar-refractivity contribution is 7.90. The van der Waals surface area contributed by atoms with E-state index in [1.54, 1.807) is 30.7 Å². The molecule has 14 heteroatoms. The van der Waals surface area contributed by atoms with E-state index < -0.39 is 32.1 Å². The Labute approximate surface area is 263 Å². The third kappa shape index (κ3) is 6.82. The highest BCUT2D eigenvalue weighted by Crippen LogP contribution is 2.39. The fourth-order valence-corrected chi connectivity index (χ4v) is 7.37. The predicted molar refractivity (Wildman–Crippen MR) is 168 cm³/mol. The molecule has 1 saturated heterocycles. The van der Waals surface area contributed by atoms with E-state index in [1.165, 1.54) is 17.5 Å². The molecule has 4 aromatic heterocycles. The van der Waals surface area contributed by atoms with E-state index in [-0.39, 0.29) is 11.5 Å². The van der Waals surface area contributed by atoms with Crippen molar-refractivity contribution < 1.29 is 21.9 Å². The van der Waals surface area contributed by atoms with Crippen molar-refractivity contribution in [3.8, 4) is 21.8 Å². The second-order valence-corrected chi connectivity index (χ2v) is 13.6. The zero-order chi connectivity index (χ0) is 31.6. The number of sulfone groups is 1. The quantitative estimate of drug-likeness (QED) is 0.203. The molecule has 1 fully saturated rings. The molecule has 232 valence electrons. The third-order valence-corrected chi connectivity index (χ3v) is 10.1.